The topological polar surface area (TPSA) is 34.2 Å². The maximum absolute atomic E-state index is 13.5. The van der Waals surface area contributed by atoms with Crippen molar-refractivity contribution in [1.82, 2.24) is 10.3 Å². The minimum absolute atomic E-state index is 0.0283. The van der Waals surface area contributed by atoms with Crippen LogP contribution in [0.1, 0.15) is 30.0 Å². The minimum Gasteiger partial charge on any atom is -0.490 e. The molecule has 1 aromatic heterocycles. The zero-order valence-electron chi connectivity index (χ0n) is 13.8. The molecule has 1 aliphatic rings. The largest absolute Gasteiger partial charge is 0.490 e. The number of halogens is 4. The highest BCUT2D eigenvalue weighted by molar-refractivity contribution is 5.70. The maximum atomic E-state index is 13.5. The molecule has 25 heavy (non-hydrogen) atoms. The molecule has 7 heteroatoms. The third kappa shape index (κ3) is 3.46. The molecule has 134 valence electrons. The van der Waals surface area contributed by atoms with Gasteiger partial charge in [-0.05, 0) is 37.4 Å². The second-order valence-electron chi connectivity index (χ2n) is 6.18. The lowest BCUT2D eigenvalue weighted by Gasteiger charge is -2.21. The lowest BCUT2D eigenvalue weighted by Crippen LogP contribution is -2.30. The highest BCUT2D eigenvalue weighted by Gasteiger charge is 2.42. The summed E-state index contributed by atoms with van der Waals surface area (Å²) in [5.74, 6) is -1.70. The molecule has 0 saturated heterocycles. The third-order valence-electron chi connectivity index (χ3n) is 4.31. The molecule has 0 radical (unpaired) electrons. The Labute approximate surface area is 143 Å². The van der Waals surface area contributed by atoms with E-state index in [9.17, 15) is 17.6 Å². The Morgan fingerprint density at radius 1 is 1.28 bits per heavy atom. The minimum atomic E-state index is -4.42. The first-order chi connectivity index (χ1) is 11.8. The van der Waals surface area contributed by atoms with E-state index in [-0.39, 0.29) is 18.2 Å². The van der Waals surface area contributed by atoms with Crippen molar-refractivity contribution < 1.29 is 22.3 Å². The number of benzene rings is 1. The fraction of sp³-hybridized carbons (Fsp3) is 0.389. The maximum Gasteiger partial charge on any atom is 0.398 e. The number of ether oxygens (including phenoxy) is 1. The predicted molar refractivity (Wildman–Crippen MR) is 86.3 cm³/mol. The lowest BCUT2D eigenvalue weighted by molar-refractivity contribution is -0.150. The van der Waals surface area contributed by atoms with Gasteiger partial charge in [0.25, 0.3) is 0 Å². The van der Waals surface area contributed by atoms with Crippen molar-refractivity contribution in [2.24, 2.45) is 0 Å². The second kappa shape index (κ2) is 6.63. The SMILES string of the molecule is CNCC(c1cc2c(c(-c3ccc(F)cc3)n1)OCC2C)C(F)(F)F. The van der Waals surface area contributed by atoms with Crippen molar-refractivity contribution in [3.05, 3.63) is 47.4 Å². The molecule has 2 unspecified atom stereocenters. The molecule has 3 rings (SSSR count). The normalized spacial score (nSPS) is 17.9. The number of fused-ring (bicyclic) bond motifs is 1. The van der Waals surface area contributed by atoms with E-state index in [0.29, 0.717) is 29.2 Å². The van der Waals surface area contributed by atoms with Crippen LogP contribution in [-0.2, 0) is 0 Å². The summed E-state index contributed by atoms with van der Waals surface area (Å²) in [7, 11) is 1.47. The first-order valence-electron chi connectivity index (χ1n) is 7.96. The summed E-state index contributed by atoms with van der Waals surface area (Å²) in [5.41, 5.74) is 1.49. The number of hydrogen-bond acceptors (Lipinski definition) is 3. The average molecular weight is 354 g/mol. The average Bonchev–Trinajstić information content (AvgIpc) is 2.93. The van der Waals surface area contributed by atoms with Gasteiger partial charge >= 0.3 is 6.18 Å². The molecular formula is C18H18F4N2O. The Morgan fingerprint density at radius 3 is 2.56 bits per heavy atom. The molecule has 0 amide bonds. The molecule has 1 aromatic carbocycles. The number of alkyl halides is 3. The van der Waals surface area contributed by atoms with Gasteiger partial charge in [-0.2, -0.15) is 13.2 Å². The van der Waals surface area contributed by atoms with E-state index in [1.165, 1.54) is 37.4 Å². The Morgan fingerprint density at radius 2 is 1.96 bits per heavy atom. The highest BCUT2D eigenvalue weighted by Crippen LogP contribution is 2.44. The van der Waals surface area contributed by atoms with Crippen LogP contribution in [0.5, 0.6) is 5.75 Å². The zero-order chi connectivity index (χ0) is 18.2. The molecule has 1 aliphatic heterocycles. The van der Waals surface area contributed by atoms with Crippen LogP contribution in [0.2, 0.25) is 0 Å². The van der Waals surface area contributed by atoms with Crippen LogP contribution >= 0.6 is 0 Å². The Bertz CT molecular complexity index is 759. The van der Waals surface area contributed by atoms with Crippen molar-refractivity contribution in [1.29, 1.82) is 0 Å². The molecule has 2 heterocycles. The standard InChI is InChI=1S/C18H18F4N2O/c1-10-9-25-17-13(10)7-15(14(8-23-2)18(20,21)22)24-16(17)11-3-5-12(19)6-4-11/h3-7,10,14,23H,8-9H2,1-2H3. The summed E-state index contributed by atoms with van der Waals surface area (Å²) in [6, 6.07) is 6.98. The van der Waals surface area contributed by atoms with Crippen LogP contribution < -0.4 is 10.1 Å². The number of rotatable bonds is 4. The number of pyridine rings is 1. The van der Waals surface area contributed by atoms with Gasteiger partial charge in [0.15, 0.2) is 0 Å². The van der Waals surface area contributed by atoms with Gasteiger partial charge in [0, 0.05) is 23.6 Å². The quantitative estimate of drug-likeness (QED) is 0.834. The van der Waals surface area contributed by atoms with Crippen LogP contribution in [0.4, 0.5) is 17.6 Å². The smallest absolute Gasteiger partial charge is 0.398 e. The number of hydrogen-bond donors (Lipinski definition) is 1. The van der Waals surface area contributed by atoms with Gasteiger partial charge in [0.05, 0.1) is 12.3 Å². The van der Waals surface area contributed by atoms with E-state index in [1.807, 2.05) is 6.92 Å². The van der Waals surface area contributed by atoms with E-state index in [2.05, 4.69) is 10.3 Å². The number of aromatic nitrogens is 1. The van der Waals surface area contributed by atoms with Crippen molar-refractivity contribution in [2.45, 2.75) is 24.9 Å². The summed E-state index contributed by atoms with van der Waals surface area (Å²) >= 11 is 0. The van der Waals surface area contributed by atoms with Gasteiger partial charge in [-0.15, -0.1) is 0 Å². The highest BCUT2D eigenvalue weighted by atomic mass is 19.4. The fourth-order valence-corrected chi connectivity index (χ4v) is 2.96. The molecule has 2 aromatic rings. The number of nitrogens with zero attached hydrogens (tertiary/aromatic N) is 1. The Balaban J connectivity index is 2.16. The van der Waals surface area contributed by atoms with E-state index in [4.69, 9.17) is 4.74 Å². The first kappa shape index (κ1) is 17.7. The monoisotopic (exact) mass is 354 g/mol. The lowest BCUT2D eigenvalue weighted by atomic mass is 9.95. The van der Waals surface area contributed by atoms with Gasteiger partial charge in [-0.1, -0.05) is 6.92 Å². The van der Waals surface area contributed by atoms with Crippen LogP contribution in [0.25, 0.3) is 11.3 Å². The summed E-state index contributed by atoms with van der Waals surface area (Å²) in [6.07, 6.45) is -4.42. The van der Waals surface area contributed by atoms with Crippen LogP contribution in [0, 0.1) is 5.82 Å². The van der Waals surface area contributed by atoms with E-state index < -0.39 is 17.9 Å². The van der Waals surface area contributed by atoms with Gasteiger partial charge in [-0.3, -0.25) is 0 Å². The van der Waals surface area contributed by atoms with Gasteiger partial charge < -0.3 is 10.1 Å². The van der Waals surface area contributed by atoms with Gasteiger partial charge in [0.2, 0.25) is 0 Å². The van der Waals surface area contributed by atoms with E-state index >= 15 is 0 Å². The molecular weight excluding hydrogens is 336 g/mol. The van der Waals surface area contributed by atoms with E-state index in [1.54, 1.807) is 0 Å². The second-order valence-corrected chi connectivity index (χ2v) is 6.18. The molecule has 3 nitrogen and oxygen atoms in total. The predicted octanol–water partition coefficient (Wildman–Crippen LogP) is 4.25. The summed E-state index contributed by atoms with van der Waals surface area (Å²) in [4.78, 5) is 4.26. The van der Waals surface area contributed by atoms with Gasteiger partial charge in [0.1, 0.15) is 23.2 Å². The first-order valence-corrected chi connectivity index (χ1v) is 7.96. The Hall–Kier alpha value is -2.15. The summed E-state index contributed by atoms with van der Waals surface area (Å²) in [5, 5.41) is 2.58. The summed E-state index contributed by atoms with van der Waals surface area (Å²) in [6.45, 7) is 2.01. The summed E-state index contributed by atoms with van der Waals surface area (Å²) < 4.78 is 59.3. The molecule has 0 saturated carbocycles. The van der Waals surface area contributed by atoms with Crippen LogP contribution in [-0.4, -0.2) is 31.4 Å². The number of nitrogens with one attached hydrogen (secondary N) is 1. The van der Waals surface area contributed by atoms with Crippen molar-refractivity contribution >= 4 is 0 Å². The molecule has 2 atom stereocenters. The molecule has 0 aliphatic carbocycles. The number of likely N-dealkylation sites (N-methyl/N-ethyl adjacent to an activating group) is 1. The third-order valence-corrected chi connectivity index (χ3v) is 4.31. The van der Waals surface area contributed by atoms with Crippen molar-refractivity contribution in [3.63, 3.8) is 0 Å². The molecule has 0 fully saturated rings. The van der Waals surface area contributed by atoms with Crippen molar-refractivity contribution in [3.8, 4) is 17.0 Å². The zero-order valence-corrected chi connectivity index (χ0v) is 13.8. The fourth-order valence-electron chi connectivity index (χ4n) is 2.96. The van der Waals surface area contributed by atoms with Crippen LogP contribution in [0.3, 0.4) is 0 Å². The van der Waals surface area contributed by atoms with Crippen LogP contribution in [0.15, 0.2) is 30.3 Å². The van der Waals surface area contributed by atoms with E-state index in [0.717, 1.165) is 0 Å². The molecule has 1 N–H and O–H groups in total. The Kier molecular flexibility index (Phi) is 4.69. The molecule has 0 bridgehead atoms. The molecule has 0 spiro atoms. The van der Waals surface area contributed by atoms with Gasteiger partial charge in [-0.25, -0.2) is 9.37 Å². The van der Waals surface area contributed by atoms with Crippen molar-refractivity contribution in [2.75, 3.05) is 20.2 Å².